The van der Waals surface area contributed by atoms with E-state index in [9.17, 15) is 24.3 Å². The van der Waals surface area contributed by atoms with E-state index in [4.69, 9.17) is 32.7 Å². The average Bonchev–Trinajstić information content (AvgIpc) is 3.89. The topological polar surface area (TPSA) is 212 Å². The van der Waals surface area contributed by atoms with Gasteiger partial charge in [-0.3, -0.25) is 9.59 Å². The van der Waals surface area contributed by atoms with Crippen LogP contribution in [0, 0.1) is 11.8 Å². The number of aliphatic carboxylic acids is 1. The number of rotatable bonds is 24. The summed E-state index contributed by atoms with van der Waals surface area (Å²) in [5.41, 5.74) is -0.541. The Balaban J connectivity index is 0.000000323. The summed E-state index contributed by atoms with van der Waals surface area (Å²) in [5.74, 6) is 0.405. The first kappa shape index (κ1) is 50.4. The zero-order valence-corrected chi connectivity index (χ0v) is 37.2. The molecular weight excluding hydrogens is 776 g/mol. The largest absolute Gasteiger partial charge is 0.481 e. The normalized spacial score (nSPS) is 17.1. The summed E-state index contributed by atoms with van der Waals surface area (Å²) >= 11 is 0. The highest BCUT2D eigenvalue weighted by atomic mass is 16.6. The molecule has 0 saturated heterocycles. The Labute approximate surface area is 355 Å². The second-order valence-corrected chi connectivity index (χ2v) is 17.2. The van der Waals surface area contributed by atoms with Gasteiger partial charge in [-0.05, 0) is 73.1 Å². The third-order valence-corrected chi connectivity index (χ3v) is 10.9. The molecule has 2 aliphatic rings. The average molecular weight is 849 g/mol. The lowest BCUT2D eigenvalue weighted by Gasteiger charge is -2.23. The predicted molar refractivity (Wildman–Crippen MR) is 219 cm³/mol. The van der Waals surface area contributed by atoms with Crippen LogP contribution in [0.25, 0.3) is 0 Å². The van der Waals surface area contributed by atoms with Crippen LogP contribution in [-0.2, 0) is 56.1 Å². The van der Waals surface area contributed by atoms with Gasteiger partial charge in [0.05, 0.1) is 26.1 Å². The van der Waals surface area contributed by atoms with Crippen molar-refractivity contribution >= 4 is 23.9 Å². The summed E-state index contributed by atoms with van der Waals surface area (Å²) in [5, 5.41) is 17.1. The van der Waals surface area contributed by atoms with Crippen molar-refractivity contribution in [3.8, 4) is 0 Å². The standard InChI is InChI=1S/C24H40N2O6.C20H32N2O6/c1-6-29-23(28)17(2)30-16-20-25-22(32-26-20)19(15-21(27)31-24(3,4)5)14-10-13-18-11-8-7-9-12-18;1-3-26-20(25)14(2)27-13-17-21-19(28-22-17)16(12-18(23)24)11-7-10-15-8-5-4-6-9-15/h17-19H,6-16H2,1-5H3;14-16H,3-13H2,1-2H3,(H,23,24)/t17?,19-;14?,16-/m11/s1. The number of hydrogen-bond acceptors (Lipinski definition) is 15. The molecule has 2 fully saturated rings. The van der Waals surface area contributed by atoms with Crippen molar-refractivity contribution in [1.82, 2.24) is 20.3 Å². The van der Waals surface area contributed by atoms with Crippen LogP contribution in [0.1, 0.15) is 199 Å². The zero-order chi connectivity index (χ0) is 43.9. The summed E-state index contributed by atoms with van der Waals surface area (Å²) in [4.78, 5) is 55.7. The Hall–Kier alpha value is -3.92. The van der Waals surface area contributed by atoms with Gasteiger partial charge in [0.2, 0.25) is 11.8 Å². The number of carboxylic acids is 1. The van der Waals surface area contributed by atoms with Crippen LogP contribution in [-0.4, -0.2) is 80.3 Å². The van der Waals surface area contributed by atoms with Gasteiger partial charge < -0.3 is 37.8 Å². The molecule has 1 N–H and O–H groups in total. The van der Waals surface area contributed by atoms with E-state index in [1.165, 1.54) is 64.2 Å². The third kappa shape index (κ3) is 20.1. The van der Waals surface area contributed by atoms with Gasteiger partial charge in [-0.1, -0.05) is 100 Å². The summed E-state index contributed by atoms with van der Waals surface area (Å²) in [6.45, 7) is 12.9. The van der Waals surface area contributed by atoms with Crippen molar-refractivity contribution in [2.45, 2.75) is 207 Å². The van der Waals surface area contributed by atoms with Gasteiger partial charge in [0, 0.05) is 11.8 Å². The van der Waals surface area contributed by atoms with Crippen LogP contribution >= 0.6 is 0 Å². The minimum absolute atomic E-state index is 0.00530. The van der Waals surface area contributed by atoms with Crippen molar-refractivity contribution in [2.75, 3.05) is 13.2 Å². The Kier molecular flexibility index (Phi) is 22.8. The first-order valence-electron chi connectivity index (χ1n) is 22.3. The smallest absolute Gasteiger partial charge is 0.334 e. The molecule has 0 spiro atoms. The number of hydrogen-bond donors (Lipinski definition) is 1. The predicted octanol–water partition coefficient (Wildman–Crippen LogP) is 8.95. The van der Waals surface area contributed by atoms with Crippen molar-refractivity contribution in [2.24, 2.45) is 11.8 Å². The number of ether oxygens (including phenoxy) is 5. The lowest BCUT2D eigenvalue weighted by molar-refractivity contribution is -0.157. The van der Waals surface area contributed by atoms with Gasteiger partial charge in [0.1, 0.15) is 18.8 Å². The van der Waals surface area contributed by atoms with Gasteiger partial charge in [-0.25, -0.2) is 9.59 Å². The Bertz CT molecular complexity index is 1540. The molecular formula is C44H72N4O12. The number of aromatic nitrogens is 4. The molecule has 0 aromatic carbocycles. The summed E-state index contributed by atoms with van der Waals surface area (Å²) in [6.07, 6.45) is 17.6. The Morgan fingerprint density at radius 2 is 1.10 bits per heavy atom. The van der Waals surface area contributed by atoms with Gasteiger partial charge >= 0.3 is 23.9 Å². The van der Waals surface area contributed by atoms with Crippen LogP contribution < -0.4 is 0 Å². The van der Waals surface area contributed by atoms with Crippen LogP contribution in [0.5, 0.6) is 0 Å². The van der Waals surface area contributed by atoms with Crippen molar-refractivity contribution < 1.29 is 57.0 Å². The highest BCUT2D eigenvalue weighted by molar-refractivity contribution is 5.74. The SMILES string of the molecule is CCOC(=O)C(C)OCc1noc([C@H](CCCC2CCCCC2)CC(=O)O)n1.CCOC(=O)C(C)OCc1noc([C@H](CCCC2CCCCC2)CC(=O)OC(C)(C)C)n1. The molecule has 16 nitrogen and oxygen atoms in total. The van der Waals surface area contributed by atoms with E-state index in [0.29, 0.717) is 36.5 Å². The molecule has 0 aliphatic heterocycles. The van der Waals surface area contributed by atoms with Crippen molar-refractivity contribution in [3.05, 3.63) is 23.4 Å². The molecule has 2 aromatic heterocycles. The molecule has 2 saturated carbocycles. The fourth-order valence-electron chi connectivity index (χ4n) is 7.72. The van der Waals surface area contributed by atoms with E-state index in [2.05, 4.69) is 20.3 Å². The number of esters is 3. The molecule has 16 heteroatoms. The molecule has 0 radical (unpaired) electrons. The zero-order valence-electron chi connectivity index (χ0n) is 37.2. The minimum Gasteiger partial charge on any atom is -0.481 e. The lowest BCUT2D eigenvalue weighted by atomic mass is 9.84. The molecule has 4 atom stereocenters. The summed E-state index contributed by atoms with van der Waals surface area (Å²) < 4.78 is 37.0. The lowest BCUT2D eigenvalue weighted by Crippen LogP contribution is -2.25. The quantitative estimate of drug-likeness (QED) is 0.0771. The van der Waals surface area contributed by atoms with Crippen LogP contribution in [0.15, 0.2) is 9.05 Å². The number of carbonyl (C=O) groups excluding carboxylic acids is 3. The second kappa shape index (κ2) is 27.1. The molecule has 4 rings (SSSR count). The molecule has 2 unspecified atom stereocenters. The van der Waals surface area contributed by atoms with Crippen LogP contribution in [0.3, 0.4) is 0 Å². The molecule has 2 heterocycles. The summed E-state index contributed by atoms with van der Waals surface area (Å²) in [6, 6.07) is 0. The molecule has 2 aliphatic carbocycles. The first-order chi connectivity index (χ1) is 28.7. The number of nitrogens with zero attached hydrogens (tertiary/aromatic N) is 4. The van der Waals surface area contributed by atoms with E-state index in [1.54, 1.807) is 27.7 Å². The van der Waals surface area contributed by atoms with Gasteiger partial charge in [-0.15, -0.1) is 0 Å². The fraction of sp³-hybridized carbons (Fsp3) is 0.818. The summed E-state index contributed by atoms with van der Waals surface area (Å²) in [7, 11) is 0. The van der Waals surface area contributed by atoms with E-state index in [1.807, 2.05) is 20.8 Å². The third-order valence-electron chi connectivity index (χ3n) is 10.9. The van der Waals surface area contributed by atoms with E-state index in [-0.39, 0.29) is 50.5 Å². The Morgan fingerprint density at radius 1 is 0.683 bits per heavy atom. The highest BCUT2D eigenvalue weighted by Crippen LogP contribution is 2.33. The van der Waals surface area contributed by atoms with E-state index < -0.39 is 35.7 Å². The maximum absolute atomic E-state index is 12.5. The molecule has 0 amide bonds. The number of carbonyl (C=O) groups is 4. The monoisotopic (exact) mass is 849 g/mol. The highest BCUT2D eigenvalue weighted by Gasteiger charge is 2.28. The van der Waals surface area contributed by atoms with E-state index >= 15 is 0 Å². The molecule has 2 aromatic rings. The van der Waals surface area contributed by atoms with Gasteiger partial charge in [-0.2, -0.15) is 9.97 Å². The van der Waals surface area contributed by atoms with Crippen LogP contribution in [0.4, 0.5) is 0 Å². The van der Waals surface area contributed by atoms with Gasteiger partial charge in [0.15, 0.2) is 23.9 Å². The van der Waals surface area contributed by atoms with Crippen molar-refractivity contribution in [1.29, 1.82) is 0 Å². The molecule has 60 heavy (non-hydrogen) atoms. The Morgan fingerprint density at radius 3 is 1.48 bits per heavy atom. The second-order valence-electron chi connectivity index (χ2n) is 17.2. The van der Waals surface area contributed by atoms with Crippen LogP contribution in [0.2, 0.25) is 0 Å². The molecule has 340 valence electrons. The van der Waals surface area contributed by atoms with Crippen molar-refractivity contribution in [3.63, 3.8) is 0 Å². The fourth-order valence-corrected chi connectivity index (χ4v) is 7.72. The van der Waals surface area contributed by atoms with Gasteiger partial charge in [0.25, 0.3) is 0 Å². The molecule has 0 bridgehead atoms. The minimum atomic E-state index is -0.880. The maximum Gasteiger partial charge on any atom is 0.334 e. The van der Waals surface area contributed by atoms with E-state index in [0.717, 1.165) is 43.9 Å². The first-order valence-corrected chi connectivity index (χ1v) is 22.3. The number of carboxylic acid groups (broad SMARTS) is 1. The maximum atomic E-state index is 12.5.